The van der Waals surface area contributed by atoms with E-state index in [1.807, 2.05) is 42.5 Å². The van der Waals surface area contributed by atoms with Gasteiger partial charge >= 0.3 is 0 Å². The summed E-state index contributed by atoms with van der Waals surface area (Å²) in [6.45, 7) is 3.97. The van der Waals surface area contributed by atoms with E-state index in [0.29, 0.717) is 5.75 Å². The zero-order valence-electron chi connectivity index (χ0n) is 21.6. The number of nitrogens with zero attached hydrogens (tertiary/aromatic N) is 1. The van der Waals surface area contributed by atoms with Crippen LogP contribution in [0.25, 0.3) is 11.1 Å². The Morgan fingerprint density at radius 1 is 0.971 bits per heavy atom. The second-order valence-corrected chi connectivity index (χ2v) is 9.27. The molecule has 35 heavy (non-hydrogen) atoms. The Bertz CT molecular complexity index is 933. The third-order valence-electron chi connectivity index (χ3n) is 6.39. The van der Waals surface area contributed by atoms with Crippen LogP contribution in [0, 0.1) is 0 Å². The monoisotopic (exact) mass is 480 g/mol. The summed E-state index contributed by atoms with van der Waals surface area (Å²) in [6, 6.07) is 18.0. The molecule has 0 radical (unpaired) electrons. The Hall–Kier alpha value is -2.67. The predicted octanol–water partition coefficient (Wildman–Crippen LogP) is 5.00. The van der Waals surface area contributed by atoms with Crippen molar-refractivity contribution in [1.29, 1.82) is 0 Å². The molecule has 0 aliphatic heterocycles. The first-order valence-corrected chi connectivity index (χ1v) is 12.6. The SMILES string of the molecule is CCC(=C(C(=O)NC1CCC(OCCN(C)C)CC1)c1ccc(OCOC)cc1)c1ccccc1. The number of likely N-dealkylation sites (N-methyl/N-ethyl adjacent to an activating group) is 1. The van der Waals surface area contributed by atoms with E-state index < -0.39 is 0 Å². The number of allylic oxidation sites excluding steroid dienone is 1. The van der Waals surface area contributed by atoms with Gasteiger partial charge in [-0.15, -0.1) is 0 Å². The number of carbonyl (C=O) groups is 1. The smallest absolute Gasteiger partial charge is 0.252 e. The Labute approximate surface area is 210 Å². The van der Waals surface area contributed by atoms with Gasteiger partial charge in [0.1, 0.15) is 5.75 Å². The van der Waals surface area contributed by atoms with Crippen molar-refractivity contribution < 1.29 is 19.0 Å². The van der Waals surface area contributed by atoms with Gasteiger partial charge in [0.05, 0.1) is 18.3 Å². The summed E-state index contributed by atoms with van der Waals surface area (Å²) in [5.41, 5.74) is 3.71. The number of nitrogens with one attached hydrogen (secondary N) is 1. The lowest BCUT2D eigenvalue weighted by atomic mass is 9.90. The summed E-state index contributed by atoms with van der Waals surface area (Å²) < 4.78 is 16.6. The molecule has 3 rings (SSSR count). The second-order valence-electron chi connectivity index (χ2n) is 9.27. The number of carbonyl (C=O) groups excluding carboxylic acids is 1. The minimum absolute atomic E-state index is 0.0201. The van der Waals surface area contributed by atoms with Gasteiger partial charge in [-0.3, -0.25) is 4.79 Å². The van der Waals surface area contributed by atoms with E-state index >= 15 is 0 Å². The van der Waals surface area contributed by atoms with Crippen LogP contribution >= 0.6 is 0 Å². The van der Waals surface area contributed by atoms with Crippen LogP contribution in [0.15, 0.2) is 54.6 Å². The van der Waals surface area contributed by atoms with Crippen molar-refractivity contribution in [2.24, 2.45) is 0 Å². The minimum atomic E-state index is -0.0201. The van der Waals surface area contributed by atoms with Gasteiger partial charge in [0, 0.05) is 19.7 Å². The van der Waals surface area contributed by atoms with Crippen LogP contribution in [-0.4, -0.2) is 64.1 Å². The van der Waals surface area contributed by atoms with E-state index in [4.69, 9.17) is 14.2 Å². The van der Waals surface area contributed by atoms with Crippen molar-refractivity contribution in [2.75, 3.05) is 41.1 Å². The second kappa shape index (κ2) is 14.0. The average Bonchev–Trinajstić information content (AvgIpc) is 2.87. The van der Waals surface area contributed by atoms with E-state index in [1.165, 1.54) is 0 Å². The van der Waals surface area contributed by atoms with Crippen molar-refractivity contribution in [2.45, 2.75) is 51.2 Å². The standard InChI is InChI=1S/C29H40N2O4/c1-5-27(22-9-7-6-8-10-22)28(23-11-15-26(16-12-23)35-21-33-4)29(32)30-24-13-17-25(18-14-24)34-20-19-31(2)3/h6-12,15-16,24-25H,5,13-14,17-21H2,1-4H3,(H,30,32). The molecule has 1 fully saturated rings. The van der Waals surface area contributed by atoms with Crippen LogP contribution < -0.4 is 10.1 Å². The van der Waals surface area contributed by atoms with E-state index in [2.05, 4.69) is 43.4 Å². The van der Waals surface area contributed by atoms with Crippen molar-refractivity contribution in [3.63, 3.8) is 0 Å². The summed E-state index contributed by atoms with van der Waals surface area (Å²) in [6.07, 6.45) is 4.85. The van der Waals surface area contributed by atoms with Gasteiger partial charge in [0.2, 0.25) is 0 Å². The zero-order valence-corrected chi connectivity index (χ0v) is 21.6. The average molecular weight is 481 g/mol. The molecule has 1 N–H and O–H groups in total. The van der Waals surface area contributed by atoms with E-state index in [0.717, 1.165) is 67.5 Å². The fraction of sp³-hybridized carbons (Fsp3) is 0.483. The highest BCUT2D eigenvalue weighted by molar-refractivity contribution is 6.27. The van der Waals surface area contributed by atoms with Crippen LogP contribution in [-0.2, 0) is 14.3 Å². The van der Waals surface area contributed by atoms with Crippen LogP contribution in [0.5, 0.6) is 5.75 Å². The summed E-state index contributed by atoms with van der Waals surface area (Å²) in [4.78, 5) is 15.8. The lowest BCUT2D eigenvalue weighted by Crippen LogP contribution is -2.40. The fourth-order valence-corrected chi connectivity index (χ4v) is 4.49. The molecule has 1 aliphatic rings. The third-order valence-corrected chi connectivity index (χ3v) is 6.39. The molecule has 2 aromatic rings. The molecule has 190 valence electrons. The number of amides is 1. The Morgan fingerprint density at radius 3 is 2.26 bits per heavy atom. The number of rotatable bonds is 12. The molecule has 0 atom stereocenters. The summed E-state index contributed by atoms with van der Waals surface area (Å²) in [5, 5.41) is 3.33. The van der Waals surface area contributed by atoms with Crippen LogP contribution in [0.2, 0.25) is 0 Å². The lowest BCUT2D eigenvalue weighted by molar-refractivity contribution is -0.116. The summed E-state index contributed by atoms with van der Waals surface area (Å²) >= 11 is 0. The van der Waals surface area contributed by atoms with E-state index in [-0.39, 0.29) is 24.8 Å². The first kappa shape index (κ1) is 26.9. The van der Waals surface area contributed by atoms with Gasteiger partial charge in [0.25, 0.3) is 5.91 Å². The predicted molar refractivity (Wildman–Crippen MR) is 141 cm³/mol. The molecular weight excluding hydrogens is 440 g/mol. The lowest BCUT2D eigenvalue weighted by Gasteiger charge is -2.30. The van der Waals surface area contributed by atoms with E-state index in [9.17, 15) is 4.79 Å². The van der Waals surface area contributed by atoms with Crippen LogP contribution in [0.4, 0.5) is 0 Å². The molecule has 6 heteroatoms. The Kier molecular flexibility index (Phi) is 10.8. The number of methoxy groups -OCH3 is 1. The molecule has 1 amide bonds. The third kappa shape index (κ3) is 8.20. The number of hydrogen-bond donors (Lipinski definition) is 1. The van der Waals surface area contributed by atoms with E-state index in [1.54, 1.807) is 7.11 Å². The highest BCUT2D eigenvalue weighted by atomic mass is 16.7. The highest BCUT2D eigenvalue weighted by Crippen LogP contribution is 2.31. The van der Waals surface area contributed by atoms with Gasteiger partial charge in [-0.1, -0.05) is 49.4 Å². The van der Waals surface area contributed by atoms with Gasteiger partial charge in [-0.05, 0) is 75.0 Å². The molecule has 0 aromatic heterocycles. The topological polar surface area (TPSA) is 60.0 Å². The van der Waals surface area contributed by atoms with Crippen molar-refractivity contribution in [3.05, 3.63) is 65.7 Å². The van der Waals surface area contributed by atoms with Gasteiger partial charge < -0.3 is 24.4 Å². The maximum atomic E-state index is 13.7. The van der Waals surface area contributed by atoms with Crippen LogP contribution in [0.3, 0.4) is 0 Å². The first-order chi connectivity index (χ1) is 17.0. The van der Waals surface area contributed by atoms with Gasteiger partial charge in [-0.25, -0.2) is 0 Å². The molecule has 0 heterocycles. The molecule has 0 spiro atoms. The molecule has 2 aromatic carbocycles. The van der Waals surface area contributed by atoms with Crippen molar-refractivity contribution in [1.82, 2.24) is 10.2 Å². The molecule has 1 aliphatic carbocycles. The fourth-order valence-electron chi connectivity index (χ4n) is 4.49. The molecular formula is C29H40N2O4. The van der Waals surface area contributed by atoms with Gasteiger partial charge in [-0.2, -0.15) is 0 Å². The van der Waals surface area contributed by atoms with Gasteiger partial charge in [0.15, 0.2) is 6.79 Å². The molecule has 0 unspecified atom stereocenters. The largest absolute Gasteiger partial charge is 0.468 e. The maximum absolute atomic E-state index is 13.7. The van der Waals surface area contributed by atoms with Crippen LogP contribution in [0.1, 0.15) is 50.2 Å². The molecule has 0 bridgehead atoms. The van der Waals surface area contributed by atoms with Crippen molar-refractivity contribution in [3.8, 4) is 5.75 Å². The molecule has 0 saturated heterocycles. The number of ether oxygens (including phenoxy) is 3. The first-order valence-electron chi connectivity index (χ1n) is 12.6. The zero-order chi connectivity index (χ0) is 25.0. The number of hydrogen-bond acceptors (Lipinski definition) is 5. The Balaban J connectivity index is 1.76. The summed E-state index contributed by atoms with van der Waals surface area (Å²) in [5.74, 6) is 0.689. The van der Waals surface area contributed by atoms with Crippen molar-refractivity contribution >= 4 is 17.1 Å². The number of benzene rings is 2. The quantitative estimate of drug-likeness (QED) is 0.263. The Morgan fingerprint density at radius 2 is 1.66 bits per heavy atom. The normalized spacial score (nSPS) is 18.8. The highest BCUT2D eigenvalue weighted by Gasteiger charge is 2.26. The molecule has 1 saturated carbocycles. The minimum Gasteiger partial charge on any atom is -0.468 e. The maximum Gasteiger partial charge on any atom is 0.252 e. The summed E-state index contributed by atoms with van der Waals surface area (Å²) in [7, 11) is 5.71. The molecule has 6 nitrogen and oxygen atoms in total.